The van der Waals surface area contributed by atoms with E-state index in [1.807, 2.05) is 12.1 Å². The van der Waals surface area contributed by atoms with Crippen LogP contribution in [0, 0.1) is 0 Å². The van der Waals surface area contributed by atoms with Gasteiger partial charge in [-0.05, 0) is 34.1 Å². The van der Waals surface area contributed by atoms with Gasteiger partial charge in [0.05, 0.1) is 29.6 Å². The molecule has 20 heavy (non-hydrogen) atoms. The first kappa shape index (κ1) is 13.6. The Morgan fingerprint density at radius 2 is 2.30 bits per heavy atom. The summed E-state index contributed by atoms with van der Waals surface area (Å²) in [4.78, 5) is 11.3. The third-order valence-corrected chi connectivity index (χ3v) is 4.38. The standard InChI is InChI=1S/C13H10BrClN2O3/c14-9-5-7(1-2-10(9)15)17-11-3-4-20-6-8(11)12(16-17)13(18)19/h1-2,5H,3-4,6H2,(H,18,19). The largest absolute Gasteiger partial charge is 0.476 e. The molecule has 0 saturated heterocycles. The fourth-order valence-corrected chi connectivity index (χ4v) is 2.72. The average Bonchev–Trinajstić information content (AvgIpc) is 2.82. The lowest BCUT2D eigenvalue weighted by molar-refractivity contribution is 0.0677. The molecule has 2 aromatic rings. The molecule has 104 valence electrons. The molecule has 0 spiro atoms. The monoisotopic (exact) mass is 356 g/mol. The van der Waals surface area contributed by atoms with E-state index in [2.05, 4.69) is 21.0 Å². The van der Waals surface area contributed by atoms with Crippen molar-refractivity contribution < 1.29 is 14.6 Å². The summed E-state index contributed by atoms with van der Waals surface area (Å²) >= 11 is 9.34. The highest BCUT2D eigenvalue weighted by Crippen LogP contribution is 2.28. The van der Waals surface area contributed by atoms with Crippen LogP contribution in [0.1, 0.15) is 21.7 Å². The zero-order valence-electron chi connectivity index (χ0n) is 10.3. The number of fused-ring (bicyclic) bond motifs is 1. The van der Waals surface area contributed by atoms with Crippen LogP contribution in [0.2, 0.25) is 5.02 Å². The lowest BCUT2D eigenvalue weighted by atomic mass is 10.1. The zero-order chi connectivity index (χ0) is 14.3. The van der Waals surface area contributed by atoms with Crippen LogP contribution in [0.15, 0.2) is 22.7 Å². The van der Waals surface area contributed by atoms with Gasteiger partial charge in [-0.2, -0.15) is 5.10 Å². The zero-order valence-corrected chi connectivity index (χ0v) is 12.6. The Labute approximate surface area is 128 Å². The molecule has 0 radical (unpaired) electrons. The van der Waals surface area contributed by atoms with Gasteiger partial charge >= 0.3 is 5.97 Å². The first-order valence-corrected chi connectivity index (χ1v) is 7.12. The molecule has 3 rings (SSSR count). The number of carbonyl (C=O) groups is 1. The van der Waals surface area contributed by atoms with E-state index >= 15 is 0 Å². The number of hydrogen-bond donors (Lipinski definition) is 1. The highest BCUT2D eigenvalue weighted by Gasteiger charge is 2.25. The number of ether oxygens (including phenoxy) is 1. The third kappa shape index (κ3) is 2.24. The molecule has 0 aliphatic carbocycles. The first-order chi connectivity index (χ1) is 9.58. The van der Waals surface area contributed by atoms with Gasteiger partial charge in [0.1, 0.15) is 0 Å². The number of halogens is 2. The van der Waals surface area contributed by atoms with Crippen molar-refractivity contribution >= 4 is 33.5 Å². The van der Waals surface area contributed by atoms with E-state index in [1.165, 1.54) is 0 Å². The summed E-state index contributed by atoms with van der Waals surface area (Å²) in [7, 11) is 0. The van der Waals surface area contributed by atoms with Crippen LogP contribution in [0.4, 0.5) is 0 Å². The Hall–Kier alpha value is -1.37. The summed E-state index contributed by atoms with van der Waals surface area (Å²) in [6, 6.07) is 5.37. The quantitative estimate of drug-likeness (QED) is 0.897. The van der Waals surface area contributed by atoms with Crippen LogP contribution in [-0.4, -0.2) is 27.5 Å². The number of hydrogen-bond acceptors (Lipinski definition) is 3. The fourth-order valence-electron chi connectivity index (χ4n) is 2.24. The first-order valence-electron chi connectivity index (χ1n) is 5.95. The van der Waals surface area contributed by atoms with Crippen molar-refractivity contribution in [2.75, 3.05) is 6.61 Å². The van der Waals surface area contributed by atoms with Crippen molar-refractivity contribution in [3.8, 4) is 5.69 Å². The Bertz CT molecular complexity index is 699. The summed E-state index contributed by atoms with van der Waals surface area (Å²) in [6.07, 6.45) is 0.635. The van der Waals surface area contributed by atoms with Crippen LogP contribution in [0.5, 0.6) is 0 Å². The molecule has 1 aromatic carbocycles. The summed E-state index contributed by atoms with van der Waals surface area (Å²) in [5, 5.41) is 14.0. The Morgan fingerprint density at radius 3 is 3.00 bits per heavy atom. The number of nitrogens with zero attached hydrogens (tertiary/aromatic N) is 2. The number of aromatic nitrogens is 2. The maximum Gasteiger partial charge on any atom is 0.356 e. The molecule has 0 amide bonds. The number of carboxylic acid groups (broad SMARTS) is 1. The Balaban J connectivity index is 2.18. The van der Waals surface area contributed by atoms with E-state index < -0.39 is 5.97 Å². The van der Waals surface area contributed by atoms with Gasteiger partial charge in [-0.15, -0.1) is 0 Å². The molecule has 1 aliphatic rings. The summed E-state index contributed by atoms with van der Waals surface area (Å²) in [5.41, 5.74) is 2.34. The molecule has 1 N–H and O–H groups in total. The van der Waals surface area contributed by atoms with Gasteiger partial charge in [-0.1, -0.05) is 11.6 Å². The van der Waals surface area contributed by atoms with Crippen LogP contribution in [-0.2, 0) is 17.8 Å². The molecule has 5 nitrogen and oxygen atoms in total. The highest BCUT2D eigenvalue weighted by molar-refractivity contribution is 9.10. The van der Waals surface area contributed by atoms with E-state index in [1.54, 1.807) is 10.7 Å². The Kier molecular flexibility index (Phi) is 3.54. The van der Waals surface area contributed by atoms with Crippen LogP contribution in [0.25, 0.3) is 5.69 Å². The van der Waals surface area contributed by atoms with Gasteiger partial charge in [0.25, 0.3) is 0 Å². The average molecular weight is 358 g/mol. The number of carboxylic acids is 1. The minimum absolute atomic E-state index is 0.0470. The van der Waals surface area contributed by atoms with Gasteiger partial charge in [0.2, 0.25) is 0 Å². The maximum atomic E-state index is 11.3. The molecule has 2 heterocycles. The van der Waals surface area contributed by atoms with Gasteiger partial charge < -0.3 is 9.84 Å². The molecule has 0 atom stereocenters. The third-order valence-electron chi connectivity index (χ3n) is 3.17. The van der Waals surface area contributed by atoms with Crippen LogP contribution >= 0.6 is 27.5 Å². The second-order valence-electron chi connectivity index (χ2n) is 4.39. The SMILES string of the molecule is O=C(O)c1nn(-c2ccc(Cl)c(Br)c2)c2c1COCC2. The summed E-state index contributed by atoms with van der Waals surface area (Å²) in [6.45, 7) is 0.845. The molecule has 0 bridgehead atoms. The van der Waals surface area contributed by atoms with Crippen molar-refractivity contribution in [1.29, 1.82) is 0 Å². The molecule has 1 aliphatic heterocycles. The van der Waals surface area contributed by atoms with E-state index in [-0.39, 0.29) is 12.3 Å². The van der Waals surface area contributed by atoms with Gasteiger partial charge in [0, 0.05) is 16.5 Å². The molecular weight excluding hydrogens is 348 g/mol. The van der Waals surface area contributed by atoms with Crippen LogP contribution < -0.4 is 0 Å². The number of rotatable bonds is 2. The molecule has 1 aromatic heterocycles. The lowest BCUT2D eigenvalue weighted by Crippen LogP contribution is -2.13. The van der Waals surface area contributed by atoms with E-state index in [9.17, 15) is 9.90 Å². The fraction of sp³-hybridized carbons (Fsp3) is 0.231. The van der Waals surface area contributed by atoms with Crippen molar-refractivity contribution in [2.45, 2.75) is 13.0 Å². The predicted molar refractivity (Wildman–Crippen MR) is 76.6 cm³/mol. The van der Waals surface area contributed by atoms with Crippen LogP contribution in [0.3, 0.4) is 0 Å². The predicted octanol–water partition coefficient (Wildman–Crippen LogP) is 3.06. The second-order valence-corrected chi connectivity index (χ2v) is 5.65. The molecule has 0 fully saturated rings. The van der Waals surface area contributed by atoms with E-state index in [4.69, 9.17) is 16.3 Å². The second kappa shape index (κ2) is 5.20. The lowest BCUT2D eigenvalue weighted by Gasteiger charge is -2.15. The number of benzene rings is 1. The van der Waals surface area contributed by atoms with Crippen molar-refractivity contribution in [2.24, 2.45) is 0 Å². The maximum absolute atomic E-state index is 11.3. The van der Waals surface area contributed by atoms with Gasteiger partial charge in [0.15, 0.2) is 5.69 Å². The minimum atomic E-state index is -1.04. The normalized spacial score (nSPS) is 14.1. The highest BCUT2D eigenvalue weighted by atomic mass is 79.9. The Morgan fingerprint density at radius 1 is 1.50 bits per heavy atom. The van der Waals surface area contributed by atoms with Crippen molar-refractivity contribution in [3.05, 3.63) is 44.6 Å². The molecular formula is C13H10BrClN2O3. The smallest absolute Gasteiger partial charge is 0.356 e. The van der Waals surface area contributed by atoms with Gasteiger partial charge in [-0.3, -0.25) is 0 Å². The molecule has 0 unspecified atom stereocenters. The van der Waals surface area contributed by atoms with Crippen molar-refractivity contribution in [1.82, 2.24) is 9.78 Å². The molecule has 0 saturated carbocycles. The topological polar surface area (TPSA) is 64.3 Å². The van der Waals surface area contributed by atoms with Gasteiger partial charge in [-0.25, -0.2) is 9.48 Å². The summed E-state index contributed by atoms with van der Waals surface area (Å²) in [5.74, 6) is -1.04. The molecule has 7 heteroatoms. The van der Waals surface area contributed by atoms with Crippen molar-refractivity contribution in [3.63, 3.8) is 0 Å². The summed E-state index contributed by atoms with van der Waals surface area (Å²) < 4.78 is 7.73. The number of aromatic carboxylic acids is 1. The van der Waals surface area contributed by atoms with E-state index in [0.29, 0.717) is 23.6 Å². The minimum Gasteiger partial charge on any atom is -0.476 e. The van der Waals surface area contributed by atoms with E-state index in [0.717, 1.165) is 15.9 Å².